The van der Waals surface area contributed by atoms with Gasteiger partial charge < -0.3 is 4.74 Å². The first-order valence-electron chi connectivity index (χ1n) is 4.77. The Balaban J connectivity index is 2.46. The van der Waals surface area contributed by atoms with Crippen molar-refractivity contribution in [2.75, 3.05) is 19.5 Å². The van der Waals surface area contributed by atoms with E-state index < -0.39 is 16.1 Å². The highest BCUT2D eigenvalue weighted by atomic mass is 32.2. The highest BCUT2D eigenvalue weighted by Crippen LogP contribution is 2.05. The molecule has 0 spiro atoms. The van der Waals surface area contributed by atoms with E-state index in [9.17, 15) is 8.42 Å². The third kappa shape index (κ3) is 4.21. The Bertz CT molecular complexity index is 390. The van der Waals surface area contributed by atoms with Crippen LogP contribution in [0.1, 0.15) is 25.2 Å². The summed E-state index contributed by atoms with van der Waals surface area (Å²) in [6, 6.07) is -0.494. The second-order valence-electron chi connectivity index (χ2n) is 3.27. The lowest BCUT2D eigenvalue weighted by atomic mass is 10.4. The maximum absolute atomic E-state index is 11.6. The molecule has 0 amide bonds. The topological polar surface area (TPSA) is 110 Å². The summed E-state index contributed by atoms with van der Waals surface area (Å²) < 4.78 is 30.3. The number of methoxy groups -OCH3 is 1. The molecule has 0 aliphatic rings. The van der Waals surface area contributed by atoms with Crippen molar-refractivity contribution in [1.29, 1.82) is 0 Å². The molecule has 0 saturated heterocycles. The molecule has 0 saturated carbocycles. The summed E-state index contributed by atoms with van der Waals surface area (Å²) in [7, 11) is -1.80. The van der Waals surface area contributed by atoms with Crippen molar-refractivity contribution in [3.05, 3.63) is 5.82 Å². The number of H-pyrrole nitrogens is 1. The fraction of sp³-hybridized carbons (Fsp3) is 0.857. The van der Waals surface area contributed by atoms with Crippen LogP contribution in [0.15, 0.2) is 0 Å². The smallest absolute Gasteiger partial charge is 0.212 e. The van der Waals surface area contributed by atoms with Crippen molar-refractivity contribution in [2.45, 2.75) is 19.4 Å². The Morgan fingerprint density at radius 2 is 2.31 bits per heavy atom. The molecule has 0 bridgehead atoms. The summed E-state index contributed by atoms with van der Waals surface area (Å²) >= 11 is 0. The molecular formula is C7H15N5O3S. The Kier molecular flexibility index (Phi) is 4.77. The highest BCUT2D eigenvalue weighted by Gasteiger charge is 2.18. The summed E-state index contributed by atoms with van der Waals surface area (Å²) in [6.07, 6.45) is 0.449. The van der Waals surface area contributed by atoms with E-state index in [1.54, 1.807) is 6.92 Å². The molecule has 0 aliphatic carbocycles. The maximum atomic E-state index is 11.6. The quantitative estimate of drug-likeness (QED) is 0.613. The van der Waals surface area contributed by atoms with Gasteiger partial charge in [-0.25, -0.2) is 13.1 Å². The van der Waals surface area contributed by atoms with Crippen LogP contribution in [-0.4, -0.2) is 48.5 Å². The van der Waals surface area contributed by atoms with Crippen LogP contribution in [0.4, 0.5) is 0 Å². The molecule has 8 nitrogen and oxygen atoms in total. The van der Waals surface area contributed by atoms with Gasteiger partial charge in [0.1, 0.15) is 0 Å². The van der Waals surface area contributed by atoms with Crippen molar-refractivity contribution in [2.24, 2.45) is 0 Å². The van der Waals surface area contributed by atoms with E-state index in [1.165, 1.54) is 7.11 Å². The van der Waals surface area contributed by atoms with Crippen molar-refractivity contribution < 1.29 is 13.2 Å². The van der Waals surface area contributed by atoms with E-state index >= 15 is 0 Å². The summed E-state index contributed by atoms with van der Waals surface area (Å²) in [5.74, 6) is 0.332. The van der Waals surface area contributed by atoms with Gasteiger partial charge in [-0.3, -0.25) is 0 Å². The summed E-state index contributed by atoms with van der Waals surface area (Å²) in [4.78, 5) is 0. The Hall–Kier alpha value is -1.06. The normalized spacial score (nSPS) is 13.9. The van der Waals surface area contributed by atoms with Crippen LogP contribution in [0.2, 0.25) is 0 Å². The minimum atomic E-state index is -3.33. The molecule has 1 aromatic heterocycles. The van der Waals surface area contributed by atoms with E-state index in [4.69, 9.17) is 4.74 Å². The Morgan fingerprint density at radius 1 is 1.56 bits per heavy atom. The molecule has 2 N–H and O–H groups in total. The highest BCUT2D eigenvalue weighted by molar-refractivity contribution is 7.89. The van der Waals surface area contributed by atoms with Crippen molar-refractivity contribution in [3.63, 3.8) is 0 Å². The van der Waals surface area contributed by atoms with Crippen molar-refractivity contribution in [1.82, 2.24) is 25.3 Å². The van der Waals surface area contributed by atoms with Gasteiger partial charge in [-0.2, -0.15) is 5.21 Å². The van der Waals surface area contributed by atoms with E-state index in [-0.39, 0.29) is 5.75 Å². The number of nitrogens with one attached hydrogen (secondary N) is 2. The molecule has 0 radical (unpaired) electrons. The van der Waals surface area contributed by atoms with Crippen LogP contribution in [0, 0.1) is 0 Å². The second-order valence-corrected chi connectivity index (χ2v) is 5.15. The number of sulfonamides is 1. The standard InChI is InChI=1S/C7H15N5O3S/c1-6(7-8-11-12-9-7)10-16(13,14)5-3-4-15-2/h6,10H,3-5H2,1-2H3,(H,8,9,11,12). The molecular weight excluding hydrogens is 234 g/mol. The molecule has 9 heteroatoms. The van der Waals surface area contributed by atoms with Gasteiger partial charge in [0.2, 0.25) is 10.0 Å². The average molecular weight is 249 g/mol. The van der Waals surface area contributed by atoms with E-state index in [2.05, 4.69) is 25.3 Å². The maximum Gasteiger partial charge on any atom is 0.212 e. The van der Waals surface area contributed by atoms with Gasteiger partial charge in [-0.1, -0.05) is 5.21 Å². The van der Waals surface area contributed by atoms with Gasteiger partial charge in [0.05, 0.1) is 11.8 Å². The number of aromatic nitrogens is 4. The molecule has 0 aromatic carbocycles. The zero-order valence-corrected chi connectivity index (χ0v) is 9.99. The summed E-state index contributed by atoms with van der Waals surface area (Å²) in [5.41, 5.74) is 0. The molecule has 1 atom stereocenters. The largest absolute Gasteiger partial charge is 0.385 e. The fourth-order valence-electron chi connectivity index (χ4n) is 1.13. The lowest BCUT2D eigenvalue weighted by Crippen LogP contribution is -2.30. The minimum Gasteiger partial charge on any atom is -0.385 e. The Labute approximate surface area is 93.8 Å². The van der Waals surface area contributed by atoms with Crippen LogP contribution in [-0.2, 0) is 14.8 Å². The average Bonchev–Trinajstić information content (AvgIpc) is 2.69. The number of ether oxygens (including phenoxy) is 1. The first-order valence-corrected chi connectivity index (χ1v) is 6.42. The first-order chi connectivity index (χ1) is 7.55. The van der Waals surface area contributed by atoms with Crippen LogP contribution in [0.3, 0.4) is 0 Å². The Morgan fingerprint density at radius 3 is 2.88 bits per heavy atom. The first kappa shape index (κ1) is 13.0. The SMILES string of the molecule is COCCCS(=O)(=O)NC(C)c1nn[nH]n1. The second kappa shape index (κ2) is 5.87. The van der Waals surface area contributed by atoms with Crippen molar-refractivity contribution in [3.8, 4) is 0 Å². The lowest BCUT2D eigenvalue weighted by Gasteiger charge is -2.10. The van der Waals surface area contributed by atoms with Crippen LogP contribution >= 0.6 is 0 Å². The third-order valence-corrected chi connectivity index (χ3v) is 3.41. The van der Waals surface area contributed by atoms with Crippen LogP contribution in [0.5, 0.6) is 0 Å². The van der Waals surface area contributed by atoms with E-state index in [0.717, 1.165) is 0 Å². The number of nitrogens with zero attached hydrogens (tertiary/aromatic N) is 3. The van der Waals surface area contributed by atoms with Gasteiger partial charge in [0.25, 0.3) is 0 Å². The molecule has 16 heavy (non-hydrogen) atoms. The van der Waals surface area contributed by atoms with E-state index in [0.29, 0.717) is 18.9 Å². The van der Waals surface area contributed by atoms with Gasteiger partial charge >= 0.3 is 0 Å². The predicted octanol–water partition coefficient (Wildman–Crippen LogP) is -0.783. The summed E-state index contributed by atoms with van der Waals surface area (Å²) in [5, 5.41) is 13.0. The molecule has 1 aromatic rings. The summed E-state index contributed by atoms with van der Waals surface area (Å²) in [6.45, 7) is 2.07. The monoisotopic (exact) mass is 249 g/mol. The number of tetrazole rings is 1. The van der Waals surface area contributed by atoms with Crippen LogP contribution in [0.25, 0.3) is 0 Å². The van der Waals surface area contributed by atoms with Crippen LogP contribution < -0.4 is 4.72 Å². The molecule has 92 valence electrons. The zero-order valence-electron chi connectivity index (χ0n) is 9.17. The molecule has 0 fully saturated rings. The van der Waals surface area contributed by atoms with E-state index in [1.807, 2.05) is 0 Å². The predicted molar refractivity (Wildman–Crippen MR) is 56.0 cm³/mol. The van der Waals surface area contributed by atoms with Gasteiger partial charge in [-0.05, 0) is 13.3 Å². The van der Waals surface area contributed by atoms with Crippen molar-refractivity contribution >= 4 is 10.0 Å². The van der Waals surface area contributed by atoms with Gasteiger partial charge in [0, 0.05) is 13.7 Å². The minimum absolute atomic E-state index is 0.0169. The number of aromatic amines is 1. The molecule has 1 unspecified atom stereocenters. The number of hydrogen-bond acceptors (Lipinski definition) is 6. The zero-order chi connectivity index (χ0) is 12.0. The number of rotatable bonds is 7. The third-order valence-electron chi connectivity index (χ3n) is 1.87. The fourth-order valence-corrected chi connectivity index (χ4v) is 2.39. The van der Waals surface area contributed by atoms with Gasteiger partial charge in [0.15, 0.2) is 5.82 Å². The molecule has 1 rings (SSSR count). The molecule has 1 heterocycles. The number of hydrogen-bond donors (Lipinski definition) is 2. The lowest BCUT2D eigenvalue weighted by molar-refractivity contribution is 0.199. The molecule has 0 aliphatic heterocycles. The van der Waals surface area contributed by atoms with Gasteiger partial charge in [-0.15, -0.1) is 10.2 Å².